The second-order valence-corrected chi connectivity index (χ2v) is 5.70. The van der Waals surface area contributed by atoms with E-state index in [1.165, 1.54) is 17.7 Å². The van der Waals surface area contributed by atoms with Gasteiger partial charge in [0.05, 0.1) is 10.0 Å². The van der Waals surface area contributed by atoms with Crippen LogP contribution < -0.4 is 9.47 Å². The van der Waals surface area contributed by atoms with Crippen LogP contribution in [0.1, 0.15) is 21.5 Å². The fraction of sp³-hybridized carbons (Fsp3) is 0.235. The van der Waals surface area contributed by atoms with Crippen molar-refractivity contribution in [1.29, 1.82) is 0 Å². The van der Waals surface area contributed by atoms with Gasteiger partial charge in [-0.25, -0.2) is 4.79 Å². The van der Waals surface area contributed by atoms with Gasteiger partial charge in [-0.05, 0) is 65.2 Å². The molecule has 0 fully saturated rings. The van der Waals surface area contributed by atoms with Crippen molar-refractivity contribution in [2.45, 2.75) is 13.8 Å². The summed E-state index contributed by atoms with van der Waals surface area (Å²) in [5.41, 5.74) is 2.52. The van der Waals surface area contributed by atoms with Crippen LogP contribution in [0.25, 0.3) is 0 Å². The van der Waals surface area contributed by atoms with E-state index in [0.29, 0.717) is 23.4 Å². The predicted molar refractivity (Wildman–Crippen MR) is 88.0 cm³/mol. The first kappa shape index (κ1) is 16.4. The minimum Gasteiger partial charge on any atom is -0.490 e. The van der Waals surface area contributed by atoms with Gasteiger partial charge >= 0.3 is 5.97 Å². The van der Waals surface area contributed by atoms with E-state index in [9.17, 15) is 4.79 Å². The first-order valence-corrected chi connectivity index (χ1v) is 7.63. The first-order valence-electron chi connectivity index (χ1n) is 6.83. The molecule has 0 amide bonds. The molecule has 0 unspecified atom stereocenters. The van der Waals surface area contributed by atoms with Crippen molar-refractivity contribution < 1.29 is 19.4 Å². The van der Waals surface area contributed by atoms with E-state index in [4.69, 9.17) is 14.6 Å². The average Bonchev–Trinajstić information content (AvgIpc) is 2.48. The molecule has 5 heteroatoms. The van der Waals surface area contributed by atoms with E-state index in [-0.39, 0.29) is 5.56 Å². The number of halogens is 1. The first-order chi connectivity index (χ1) is 10.5. The fourth-order valence-electron chi connectivity index (χ4n) is 1.93. The van der Waals surface area contributed by atoms with Gasteiger partial charge in [-0.3, -0.25) is 0 Å². The minimum atomic E-state index is -0.967. The Balaban J connectivity index is 1.89. The highest BCUT2D eigenvalue weighted by Gasteiger charge is 2.08. The molecule has 0 atom stereocenters. The van der Waals surface area contributed by atoms with Crippen molar-refractivity contribution in [1.82, 2.24) is 0 Å². The standard InChI is InChI=1S/C17H17BrO4/c1-11-4-3-5-15(12(11)2)21-8-9-22-16-7-6-13(17(19)20)10-14(16)18/h3-7,10H,8-9H2,1-2H3,(H,19,20). The molecule has 0 radical (unpaired) electrons. The number of carbonyl (C=O) groups is 1. The maximum atomic E-state index is 10.9. The largest absolute Gasteiger partial charge is 0.490 e. The molecule has 0 aliphatic rings. The van der Waals surface area contributed by atoms with E-state index in [1.54, 1.807) is 6.07 Å². The highest BCUT2D eigenvalue weighted by Crippen LogP contribution is 2.26. The van der Waals surface area contributed by atoms with Crippen LogP contribution in [-0.2, 0) is 0 Å². The summed E-state index contributed by atoms with van der Waals surface area (Å²) in [5.74, 6) is 0.476. The number of hydrogen-bond donors (Lipinski definition) is 1. The number of carboxylic acids is 1. The monoisotopic (exact) mass is 364 g/mol. The van der Waals surface area contributed by atoms with Crippen molar-refractivity contribution in [2.24, 2.45) is 0 Å². The van der Waals surface area contributed by atoms with Crippen LogP contribution >= 0.6 is 15.9 Å². The molecule has 2 aromatic rings. The van der Waals surface area contributed by atoms with Crippen LogP contribution in [0.4, 0.5) is 0 Å². The van der Waals surface area contributed by atoms with Crippen LogP contribution in [0.2, 0.25) is 0 Å². The van der Waals surface area contributed by atoms with E-state index >= 15 is 0 Å². The molecule has 0 heterocycles. The zero-order valence-corrected chi connectivity index (χ0v) is 14.0. The number of benzene rings is 2. The van der Waals surface area contributed by atoms with Crippen molar-refractivity contribution in [3.05, 3.63) is 57.6 Å². The lowest BCUT2D eigenvalue weighted by atomic mass is 10.1. The van der Waals surface area contributed by atoms with Gasteiger partial charge in [0.15, 0.2) is 0 Å². The Morgan fingerprint density at radius 3 is 2.41 bits per heavy atom. The van der Waals surface area contributed by atoms with Gasteiger partial charge < -0.3 is 14.6 Å². The highest BCUT2D eigenvalue weighted by atomic mass is 79.9. The molecular weight excluding hydrogens is 348 g/mol. The van der Waals surface area contributed by atoms with Crippen molar-refractivity contribution in [3.8, 4) is 11.5 Å². The van der Waals surface area contributed by atoms with Crippen LogP contribution in [0.3, 0.4) is 0 Å². The van der Waals surface area contributed by atoms with Crippen LogP contribution in [0.5, 0.6) is 11.5 Å². The van der Waals surface area contributed by atoms with Crippen molar-refractivity contribution >= 4 is 21.9 Å². The summed E-state index contributed by atoms with van der Waals surface area (Å²) < 4.78 is 11.9. The van der Waals surface area contributed by atoms with Gasteiger partial charge in [-0.2, -0.15) is 0 Å². The summed E-state index contributed by atoms with van der Waals surface area (Å²) in [6.45, 7) is 4.85. The van der Waals surface area contributed by atoms with Gasteiger partial charge in [-0.15, -0.1) is 0 Å². The van der Waals surface area contributed by atoms with Crippen LogP contribution in [0, 0.1) is 13.8 Å². The lowest BCUT2D eigenvalue weighted by Gasteiger charge is -2.12. The predicted octanol–water partition coefficient (Wildman–Crippen LogP) is 4.22. The topological polar surface area (TPSA) is 55.8 Å². The minimum absolute atomic E-state index is 0.214. The van der Waals surface area contributed by atoms with Gasteiger partial charge in [0, 0.05) is 0 Å². The molecule has 0 saturated heterocycles. The Hall–Kier alpha value is -2.01. The number of aryl methyl sites for hydroxylation is 1. The van der Waals surface area contributed by atoms with Gasteiger partial charge in [0.25, 0.3) is 0 Å². The quantitative estimate of drug-likeness (QED) is 0.779. The summed E-state index contributed by atoms with van der Waals surface area (Å²) in [6, 6.07) is 10.6. The highest BCUT2D eigenvalue weighted by molar-refractivity contribution is 9.10. The van der Waals surface area contributed by atoms with Gasteiger partial charge in [0.2, 0.25) is 0 Å². The molecule has 4 nitrogen and oxygen atoms in total. The molecule has 0 aromatic heterocycles. The van der Waals surface area contributed by atoms with E-state index in [1.807, 2.05) is 32.0 Å². The third-order valence-corrected chi connectivity index (χ3v) is 3.95. The maximum Gasteiger partial charge on any atom is 0.335 e. The SMILES string of the molecule is Cc1cccc(OCCOc2ccc(C(=O)O)cc2Br)c1C. The molecule has 116 valence electrons. The molecule has 2 aromatic carbocycles. The molecule has 0 saturated carbocycles. The summed E-state index contributed by atoms with van der Waals surface area (Å²) in [6.07, 6.45) is 0. The Bertz CT molecular complexity index is 682. The Kier molecular flexibility index (Phi) is 5.44. The summed E-state index contributed by atoms with van der Waals surface area (Å²) >= 11 is 3.30. The lowest BCUT2D eigenvalue weighted by Crippen LogP contribution is -2.10. The fourth-order valence-corrected chi connectivity index (χ4v) is 2.43. The lowest BCUT2D eigenvalue weighted by molar-refractivity contribution is 0.0696. The van der Waals surface area contributed by atoms with Crippen LogP contribution in [-0.4, -0.2) is 24.3 Å². The number of hydrogen-bond acceptors (Lipinski definition) is 3. The smallest absolute Gasteiger partial charge is 0.335 e. The number of ether oxygens (including phenoxy) is 2. The van der Waals surface area contributed by atoms with Gasteiger partial charge in [0.1, 0.15) is 24.7 Å². The summed E-state index contributed by atoms with van der Waals surface area (Å²) in [5, 5.41) is 8.91. The zero-order chi connectivity index (χ0) is 16.1. The molecule has 0 aliphatic carbocycles. The molecule has 0 aliphatic heterocycles. The number of aromatic carboxylic acids is 1. The zero-order valence-electron chi connectivity index (χ0n) is 12.4. The van der Waals surface area contributed by atoms with E-state index in [0.717, 1.165) is 11.3 Å². The third kappa shape index (κ3) is 4.01. The molecule has 22 heavy (non-hydrogen) atoms. The van der Waals surface area contributed by atoms with E-state index < -0.39 is 5.97 Å². The molecular formula is C17H17BrO4. The second-order valence-electron chi connectivity index (χ2n) is 4.85. The summed E-state index contributed by atoms with van der Waals surface area (Å²) in [4.78, 5) is 10.9. The van der Waals surface area contributed by atoms with E-state index in [2.05, 4.69) is 15.9 Å². The Morgan fingerprint density at radius 2 is 1.77 bits per heavy atom. The number of carboxylic acid groups (broad SMARTS) is 1. The second kappa shape index (κ2) is 7.31. The van der Waals surface area contributed by atoms with Crippen molar-refractivity contribution in [2.75, 3.05) is 13.2 Å². The Labute approximate surface area is 137 Å². The van der Waals surface area contributed by atoms with Gasteiger partial charge in [-0.1, -0.05) is 12.1 Å². The number of rotatable bonds is 6. The van der Waals surface area contributed by atoms with Crippen LogP contribution in [0.15, 0.2) is 40.9 Å². The molecule has 1 N–H and O–H groups in total. The normalized spacial score (nSPS) is 10.3. The molecule has 0 bridgehead atoms. The molecule has 2 rings (SSSR count). The average molecular weight is 365 g/mol. The summed E-state index contributed by atoms with van der Waals surface area (Å²) in [7, 11) is 0. The maximum absolute atomic E-state index is 10.9. The third-order valence-electron chi connectivity index (χ3n) is 3.33. The molecule has 0 spiro atoms. The van der Waals surface area contributed by atoms with Crippen molar-refractivity contribution in [3.63, 3.8) is 0 Å². The Morgan fingerprint density at radius 1 is 1.09 bits per heavy atom.